The van der Waals surface area contributed by atoms with Gasteiger partial charge in [0.05, 0.1) is 32.9 Å². The second-order valence-electron chi connectivity index (χ2n) is 4.11. The summed E-state index contributed by atoms with van der Waals surface area (Å²) >= 11 is 1.51. The third-order valence-electron chi connectivity index (χ3n) is 2.97. The van der Waals surface area contributed by atoms with Gasteiger partial charge >= 0.3 is 0 Å². The molecule has 5 nitrogen and oxygen atoms in total. The molecule has 0 bridgehead atoms. The monoisotopic (exact) mass is 295 g/mol. The Morgan fingerprint density at radius 3 is 2.45 bits per heavy atom. The molecule has 0 saturated carbocycles. The van der Waals surface area contributed by atoms with Crippen LogP contribution in [0.2, 0.25) is 0 Å². The number of aliphatic hydroxyl groups excluding tert-OH is 1. The standard InChI is InChI=1S/C14H17NO4S/c1-17-12-5-4-10(13(18-2)14(12)19-3)11(16)6-9-7-15-8-20-9/h4-5,7-8,11,16H,6H2,1-3H3. The lowest BCUT2D eigenvalue weighted by molar-refractivity contribution is 0.173. The van der Waals surface area contributed by atoms with Crippen molar-refractivity contribution in [3.63, 3.8) is 0 Å². The van der Waals surface area contributed by atoms with Crippen LogP contribution in [0, 0.1) is 0 Å². The fourth-order valence-corrected chi connectivity index (χ4v) is 2.66. The molecule has 0 radical (unpaired) electrons. The molecule has 0 saturated heterocycles. The highest BCUT2D eigenvalue weighted by Gasteiger charge is 2.21. The van der Waals surface area contributed by atoms with E-state index >= 15 is 0 Å². The Balaban J connectivity index is 2.35. The van der Waals surface area contributed by atoms with E-state index in [1.165, 1.54) is 11.3 Å². The summed E-state index contributed by atoms with van der Waals surface area (Å²) in [6.07, 6.45) is 1.54. The molecule has 0 aliphatic heterocycles. The smallest absolute Gasteiger partial charge is 0.203 e. The van der Waals surface area contributed by atoms with Crippen LogP contribution in [0.15, 0.2) is 23.8 Å². The predicted octanol–water partition coefficient (Wildman–Crippen LogP) is 2.45. The van der Waals surface area contributed by atoms with Crippen LogP contribution >= 0.6 is 11.3 Å². The summed E-state index contributed by atoms with van der Waals surface area (Å²) in [7, 11) is 4.64. The van der Waals surface area contributed by atoms with E-state index < -0.39 is 6.10 Å². The van der Waals surface area contributed by atoms with Crippen molar-refractivity contribution >= 4 is 11.3 Å². The Hall–Kier alpha value is -1.79. The molecule has 1 aromatic heterocycles. The van der Waals surface area contributed by atoms with Crippen LogP contribution in [0.4, 0.5) is 0 Å². The van der Waals surface area contributed by atoms with Gasteiger partial charge in [0.15, 0.2) is 11.5 Å². The minimum Gasteiger partial charge on any atom is -0.493 e. The largest absolute Gasteiger partial charge is 0.493 e. The molecular formula is C14H17NO4S. The number of thiazole rings is 1. The molecule has 0 aliphatic rings. The second kappa shape index (κ2) is 6.58. The lowest BCUT2D eigenvalue weighted by Crippen LogP contribution is -2.05. The molecule has 1 aromatic carbocycles. The zero-order valence-electron chi connectivity index (χ0n) is 11.6. The van der Waals surface area contributed by atoms with Gasteiger partial charge in [-0.1, -0.05) is 0 Å². The summed E-state index contributed by atoms with van der Waals surface area (Å²) in [5.74, 6) is 1.54. The van der Waals surface area contributed by atoms with Crippen molar-refractivity contribution in [1.29, 1.82) is 0 Å². The van der Waals surface area contributed by atoms with Gasteiger partial charge in [-0.3, -0.25) is 4.98 Å². The van der Waals surface area contributed by atoms with Crippen molar-refractivity contribution in [3.8, 4) is 17.2 Å². The van der Waals surface area contributed by atoms with Crippen molar-refractivity contribution < 1.29 is 19.3 Å². The van der Waals surface area contributed by atoms with Crippen LogP contribution in [0.3, 0.4) is 0 Å². The number of aromatic nitrogens is 1. The van der Waals surface area contributed by atoms with Crippen LogP contribution in [0.1, 0.15) is 16.5 Å². The number of ether oxygens (including phenoxy) is 3. The molecule has 1 N–H and O–H groups in total. The number of nitrogens with zero attached hydrogens (tertiary/aromatic N) is 1. The van der Waals surface area contributed by atoms with Crippen LogP contribution in [0.25, 0.3) is 0 Å². The second-order valence-corrected chi connectivity index (χ2v) is 5.08. The molecule has 1 heterocycles. The lowest BCUT2D eigenvalue weighted by Gasteiger charge is -2.18. The van der Waals surface area contributed by atoms with E-state index in [0.717, 1.165) is 4.88 Å². The quantitative estimate of drug-likeness (QED) is 0.887. The number of hydrogen-bond donors (Lipinski definition) is 1. The van der Waals surface area contributed by atoms with Crippen molar-refractivity contribution in [1.82, 2.24) is 4.98 Å². The van der Waals surface area contributed by atoms with E-state index in [2.05, 4.69) is 4.98 Å². The van der Waals surface area contributed by atoms with Crippen molar-refractivity contribution in [3.05, 3.63) is 34.3 Å². The third-order valence-corrected chi connectivity index (χ3v) is 3.77. The molecule has 6 heteroatoms. The zero-order valence-corrected chi connectivity index (χ0v) is 12.4. The van der Waals surface area contributed by atoms with Gasteiger partial charge in [-0.05, 0) is 12.1 Å². The van der Waals surface area contributed by atoms with E-state index in [-0.39, 0.29) is 0 Å². The first-order valence-corrected chi connectivity index (χ1v) is 6.93. The van der Waals surface area contributed by atoms with Gasteiger partial charge in [-0.25, -0.2) is 0 Å². The number of rotatable bonds is 6. The van der Waals surface area contributed by atoms with Crippen molar-refractivity contribution in [2.75, 3.05) is 21.3 Å². The molecular weight excluding hydrogens is 278 g/mol. The average Bonchev–Trinajstić information content (AvgIpc) is 2.98. The Bertz CT molecular complexity index is 557. The third kappa shape index (κ3) is 2.86. The topological polar surface area (TPSA) is 60.8 Å². The van der Waals surface area contributed by atoms with Gasteiger partial charge in [-0.15, -0.1) is 11.3 Å². The van der Waals surface area contributed by atoms with E-state index in [1.54, 1.807) is 45.2 Å². The molecule has 0 aliphatic carbocycles. The summed E-state index contributed by atoms with van der Waals surface area (Å²) in [5, 5.41) is 10.4. The Labute approximate surface area is 121 Å². The number of methoxy groups -OCH3 is 3. The van der Waals surface area contributed by atoms with E-state index in [4.69, 9.17) is 14.2 Å². The molecule has 1 unspecified atom stereocenters. The SMILES string of the molecule is COc1ccc(C(O)Cc2cncs2)c(OC)c1OC. The molecule has 1 atom stereocenters. The van der Waals surface area contributed by atoms with Gasteiger partial charge in [0.2, 0.25) is 5.75 Å². The minimum atomic E-state index is -0.690. The first kappa shape index (κ1) is 14.6. The molecule has 0 amide bonds. The molecule has 0 fully saturated rings. The van der Waals surface area contributed by atoms with E-state index in [9.17, 15) is 5.11 Å². The molecule has 2 rings (SSSR count). The Morgan fingerprint density at radius 2 is 1.90 bits per heavy atom. The van der Waals surface area contributed by atoms with Gasteiger partial charge < -0.3 is 19.3 Å². The molecule has 2 aromatic rings. The van der Waals surface area contributed by atoms with Crippen LogP contribution < -0.4 is 14.2 Å². The normalized spacial score (nSPS) is 12.0. The van der Waals surface area contributed by atoms with Gasteiger partial charge in [0.25, 0.3) is 0 Å². The van der Waals surface area contributed by atoms with Crippen molar-refractivity contribution in [2.24, 2.45) is 0 Å². The number of benzene rings is 1. The van der Waals surface area contributed by atoms with Crippen LogP contribution in [-0.2, 0) is 6.42 Å². The summed E-state index contributed by atoms with van der Waals surface area (Å²) in [5.41, 5.74) is 2.41. The molecule has 0 spiro atoms. The van der Waals surface area contributed by atoms with E-state index in [0.29, 0.717) is 29.2 Å². The maximum atomic E-state index is 10.4. The first-order chi connectivity index (χ1) is 9.71. The Kier molecular flexibility index (Phi) is 4.81. The van der Waals surface area contributed by atoms with Crippen molar-refractivity contribution in [2.45, 2.75) is 12.5 Å². The highest BCUT2D eigenvalue weighted by molar-refractivity contribution is 7.09. The fourth-order valence-electron chi connectivity index (χ4n) is 2.03. The Morgan fingerprint density at radius 1 is 1.15 bits per heavy atom. The summed E-state index contributed by atoms with van der Waals surface area (Å²) in [6.45, 7) is 0. The molecule has 20 heavy (non-hydrogen) atoms. The van der Waals surface area contributed by atoms with Crippen LogP contribution in [0.5, 0.6) is 17.2 Å². The maximum Gasteiger partial charge on any atom is 0.203 e. The summed E-state index contributed by atoms with van der Waals surface area (Å²) in [4.78, 5) is 5.01. The zero-order chi connectivity index (χ0) is 14.5. The van der Waals surface area contributed by atoms with Gasteiger partial charge in [0, 0.05) is 23.1 Å². The maximum absolute atomic E-state index is 10.4. The fraction of sp³-hybridized carbons (Fsp3) is 0.357. The number of hydrogen-bond acceptors (Lipinski definition) is 6. The average molecular weight is 295 g/mol. The van der Waals surface area contributed by atoms with Gasteiger partial charge in [-0.2, -0.15) is 0 Å². The summed E-state index contributed by atoms with van der Waals surface area (Å²) in [6, 6.07) is 3.54. The highest BCUT2D eigenvalue weighted by atomic mass is 32.1. The van der Waals surface area contributed by atoms with Crippen LogP contribution in [-0.4, -0.2) is 31.4 Å². The highest BCUT2D eigenvalue weighted by Crippen LogP contribution is 2.42. The summed E-state index contributed by atoms with van der Waals surface area (Å²) < 4.78 is 15.9. The number of aliphatic hydroxyl groups is 1. The van der Waals surface area contributed by atoms with Gasteiger partial charge in [0.1, 0.15) is 0 Å². The predicted molar refractivity (Wildman–Crippen MR) is 76.9 cm³/mol. The molecule has 108 valence electrons. The minimum absolute atomic E-state index is 0.482. The van der Waals surface area contributed by atoms with E-state index in [1.807, 2.05) is 0 Å². The first-order valence-electron chi connectivity index (χ1n) is 6.05. The lowest BCUT2D eigenvalue weighted by atomic mass is 10.0.